The first-order valence-corrected chi connectivity index (χ1v) is 11.9. The highest BCUT2D eigenvalue weighted by molar-refractivity contribution is 7.89. The second kappa shape index (κ2) is 9.10. The number of carbonyl (C=O) groups is 1. The summed E-state index contributed by atoms with van der Waals surface area (Å²) in [6.07, 6.45) is 2.45. The fraction of sp³-hybridized carbons (Fsp3) is 0.667. The van der Waals surface area contributed by atoms with Gasteiger partial charge >= 0.3 is 0 Å². The van der Waals surface area contributed by atoms with Crippen molar-refractivity contribution < 1.29 is 17.6 Å². The Labute approximate surface area is 173 Å². The van der Waals surface area contributed by atoms with Crippen molar-refractivity contribution in [2.24, 2.45) is 11.8 Å². The van der Waals surface area contributed by atoms with Gasteiger partial charge in [0.05, 0.1) is 10.9 Å². The van der Waals surface area contributed by atoms with Crippen molar-refractivity contribution in [3.8, 4) is 0 Å². The van der Waals surface area contributed by atoms with Gasteiger partial charge in [0.25, 0.3) is 0 Å². The smallest absolute Gasteiger partial charge is 0.240 e. The van der Waals surface area contributed by atoms with Crippen molar-refractivity contribution in [1.82, 2.24) is 14.5 Å². The zero-order chi connectivity index (χ0) is 21.2. The van der Waals surface area contributed by atoms with Crippen LogP contribution in [-0.4, -0.2) is 62.4 Å². The fourth-order valence-corrected chi connectivity index (χ4v) is 5.87. The van der Waals surface area contributed by atoms with Crippen molar-refractivity contribution in [1.29, 1.82) is 0 Å². The minimum absolute atomic E-state index is 0.0678. The minimum atomic E-state index is -3.67. The Hall–Kier alpha value is -1.51. The van der Waals surface area contributed by atoms with Gasteiger partial charge in [-0.1, -0.05) is 13.8 Å². The number of piperidine rings is 2. The number of nitrogens with zero attached hydrogens (tertiary/aromatic N) is 2. The standard InChI is InChI=1S/C21H32FN3O3S/c1-15-12-16(2)14-25(13-15)21(26)17(3)24-10-8-19(9-11-24)23-29(27,28)20-6-4-18(22)5-7-20/h4-7,15-17,19,23H,8-14H2,1-3H3. The summed E-state index contributed by atoms with van der Waals surface area (Å²) in [7, 11) is -3.67. The Morgan fingerprint density at radius 3 is 2.21 bits per heavy atom. The van der Waals surface area contributed by atoms with Crippen molar-refractivity contribution in [3.05, 3.63) is 30.1 Å². The number of amides is 1. The summed E-state index contributed by atoms with van der Waals surface area (Å²) in [5.41, 5.74) is 0. The number of benzene rings is 1. The van der Waals surface area contributed by atoms with E-state index in [9.17, 15) is 17.6 Å². The van der Waals surface area contributed by atoms with Gasteiger partial charge in [-0.2, -0.15) is 0 Å². The van der Waals surface area contributed by atoms with E-state index in [2.05, 4.69) is 23.5 Å². The third-order valence-corrected chi connectivity index (χ3v) is 7.60. The molecule has 0 radical (unpaired) electrons. The van der Waals surface area contributed by atoms with Crippen LogP contribution < -0.4 is 4.72 Å². The second-order valence-corrected chi connectivity index (χ2v) is 10.5. The molecule has 0 spiro atoms. The van der Waals surface area contributed by atoms with E-state index in [0.29, 0.717) is 37.8 Å². The SMILES string of the molecule is CC1CC(C)CN(C(=O)C(C)N2CCC(NS(=O)(=O)c3ccc(F)cc3)CC2)C1. The van der Waals surface area contributed by atoms with Crippen LogP contribution in [0.4, 0.5) is 4.39 Å². The Bertz CT molecular complexity index is 797. The van der Waals surface area contributed by atoms with E-state index < -0.39 is 15.8 Å². The molecular formula is C21H32FN3O3S. The molecule has 2 aliphatic heterocycles. The van der Waals surface area contributed by atoms with Crippen LogP contribution >= 0.6 is 0 Å². The molecule has 6 nitrogen and oxygen atoms in total. The lowest BCUT2D eigenvalue weighted by atomic mass is 9.91. The molecule has 1 N–H and O–H groups in total. The van der Waals surface area contributed by atoms with Crippen molar-refractivity contribution >= 4 is 15.9 Å². The van der Waals surface area contributed by atoms with Gasteiger partial charge < -0.3 is 4.90 Å². The van der Waals surface area contributed by atoms with Crippen molar-refractivity contribution in [3.63, 3.8) is 0 Å². The summed E-state index contributed by atoms with van der Waals surface area (Å²) in [5, 5.41) is 0. The zero-order valence-corrected chi connectivity index (χ0v) is 18.3. The predicted octanol–water partition coefficient (Wildman–Crippen LogP) is 2.46. The maximum Gasteiger partial charge on any atom is 0.240 e. The average Bonchev–Trinajstić information content (AvgIpc) is 2.67. The molecule has 3 rings (SSSR count). The monoisotopic (exact) mass is 425 g/mol. The van der Waals surface area contributed by atoms with E-state index in [-0.39, 0.29) is 22.9 Å². The van der Waals surface area contributed by atoms with E-state index in [4.69, 9.17) is 0 Å². The summed E-state index contributed by atoms with van der Waals surface area (Å²) in [5.74, 6) is 0.769. The van der Waals surface area contributed by atoms with Crippen LogP contribution in [0.1, 0.15) is 40.0 Å². The summed E-state index contributed by atoms with van der Waals surface area (Å²) < 4.78 is 40.8. The molecule has 8 heteroatoms. The highest BCUT2D eigenvalue weighted by atomic mass is 32.2. The topological polar surface area (TPSA) is 69.7 Å². The van der Waals surface area contributed by atoms with Gasteiger partial charge in [0.15, 0.2) is 0 Å². The molecule has 1 aromatic rings. The molecule has 29 heavy (non-hydrogen) atoms. The van der Waals surface area contributed by atoms with Gasteiger partial charge in [-0.05, 0) is 62.3 Å². The molecule has 0 bridgehead atoms. The van der Waals surface area contributed by atoms with Crippen LogP contribution in [0.2, 0.25) is 0 Å². The average molecular weight is 426 g/mol. The summed E-state index contributed by atoms with van der Waals surface area (Å²) in [6.45, 7) is 9.32. The molecule has 0 saturated carbocycles. The molecular weight excluding hydrogens is 393 g/mol. The van der Waals surface area contributed by atoms with Gasteiger partial charge in [-0.25, -0.2) is 17.5 Å². The maximum absolute atomic E-state index is 13.0. The molecule has 2 fully saturated rings. The predicted molar refractivity (Wildman–Crippen MR) is 110 cm³/mol. The summed E-state index contributed by atoms with van der Waals surface area (Å²) >= 11 is 0. The zero-order valence-electron chi connectivity index (χ0n) is 17.5. The van der Waals surface area contributed by atoms with Crippen molar-refractivity contribution in [2.75, 3.05) is 26.2 Å². The molecule has 0 aliphatic carbocycles. The van der Waals surface area contributed by atoms with Crippen LogP contribution in [0.5, 0.6) is 0 Å². The summed E-state index contributed by atoms with van der Waals surface area (Å²) in [4.78, 5) is 17.2. The minimum Gasteiger partial charge on any atom is -0.341 e. The van der Waals surface area contributed by atoms with Gasteiger partial charge in [0.2, 0.25) is 15.9 Å². The number of hydrogen-bond acceptors (Lipinski definition) is 4. The molecule has 2 saturated heterocycles. The third-order valence-electron chi connectivity index (χ3n) is 6.06. The van der Waals surface area contributed by atoms with E-state index in [1.807, 2.05) is 11.8 Å². The summed E-state index contributed by atoms with van der Waals surface area (Å²) in [6, 6.07) is 4.46. The maximum atomic E-state index is 13.0. The third kappa shape index (κ3) is 5.55. The highest BCUT2D eigenvalue weighted by Gasteiger charge is 2.33. The number of nitrogens with one attached hydrogen (secondary N) is 1. The van der Waals surface area contributed by atoms with E-state index in [1.54, 1.807) is 0 Å². The van der Waals surface area contributed by atoms with Crippen LogP contribution in [-0.2, 0) is 14.8 Å². The van der Waals surface area contributed by atoms with E-state index >= 15 is 0 Å². The van der Waals surface area contributed by atoms with Gasteiger partial charge in [0, 0.05) is 32.2 Å². The second-order valence-electron chi connectivity index (χ2n) is 8.75. The number of sulfonamides is 1. The molecule has 162 valence electrons. The van der Waals surface area contributed by atoms with Gasteiger partial charge in [-0.15, -0.1) is 0 Å². The number of halogens is 1. The van der Waals surface area contributed by atoms with Crippen LogP contribution in [0, 0.1) is 17.7 Å². The molecule has 2 aliphatic rings. The normalized spacial score (nSPS) is 25.7. The van der Waals surface area contributed by atoms with Crippen LogP contribution in [0.25, 0.3) is 0 Å². The molecule has 3 atom stereocenters. The Balaban J connectivity index is 1.53. The van der Waals surface area contributed by atoms with E-state index in [0.717, 1.165) is 31.6 Å². The first kappa shape index (κ1) is 22.2. The Morgan fingerprint density at radius 2 is 1.66 bits per heavy atom. The highest BCUT2D eigenvalue weighted by Crippen LogP contribution is 2.23. The molecule has 1 amide bonds. The Kier molecular flexibility index (Phi) is 6.96. The lowest BCUT2D eigenvalue weighted by molar-refractivity contribution is -0.139. The molecule has 3 unspecified atom stereocenters. The quantitative estimate of drug-likeness (QED) is 0.787. The van der Waals surface area contributed by atoms with Gasteiger partial charge in [0.1, 0.15) is 5.82 Å². The largest absolute Gasteiger partial charge is 0.341 e. The molecule has 2 heterocycles. The number of likely N-dealkylation sites (tertiary alicyclic amines) is 2. The Morgan fingerprint density at radius 1 is 1.10 bits per heavy atom. The van der Waals surface area contributed by atoms with E-state index in [1.165, 1.54) is 12.1 Å². The molecule has 1 aromatic carbocycles. The number of hydrogen-bond donors (Lipinski definition) is 1. The van der Waals surface area contributed by atoms with Gasteiger partial charge in [-0.3, -0.25) is 9.69 Å². The lowest BCUT2D eigenvalue weighted by Crippen LogP contribution is -2.54. The van der Waals surface area contributed by atoms with Crippen LogP contribution in [0.15, 0.2) is 29.2 Å². The fourth-order valence-electron chi connectivity index (χ4n) is 4.57. The molecule has 0 aromatic heterocycles. The van der Waals surface area contributed by atoms with Crippen molar-refractivity contribution in [2.45, 2.75) is 57.0 Å². The number of rotatable bonds is 5. The number of carbonyl (C=O) groups excluding carboxylic acids is 1. The lowest BCUT2D eigenvalue weighted by Gasteiger charge is -2.40. The van der Waals surface area contributed by atoms with Crippen LogP contribution in [0.3, 0.4) is 0 Å². The first-order chi connectivity index (χ1) is 13.7. The first-order valence-electron chi connectivity index (χ1n) is 10.5.